The van der Waals surface area contributed by atoms with Crippen LogP contribution in [0.4, 0.5) is 0 Å². The van der Waals surface area contributed by atoms with Crippen molar-refractivity contribution in [3.8, 4) is 0 Å². The SMILES string of the molecule is CO[C@H]1C[C@@H]2CC[C@@H](C)C(C)(O2)C(=O)C(=O)N2CCCC[C@H]2C(=O)O[C@H]([C@H](C)CC2CC[C@@H](C)[C@H](CO)C2)CC(=O)[C@H](C)/C=C(\C)[C@@H](O[Si](C)(C)C(C)(C)C)[C@@H](CO)C(=O)[C@H](C)C[C@H](C)/C=C/C=C/C=C/1C. The van der Waals surface area contributed by atoms with Crippen LogP contribution in [0.15, 0.2) is 47.6 Å². The van der Waals surface area contributed by atoms with Crippen LogP contribution < -0.4 is 0 Å². The van der Waals surface area contributed by atoms with Gasteiger partial charge in [0.05, 0.1) is 30.8 Å². The molecule has 15 atom stereocenters. The largest absolute Gasteiger partial charge is 0.460 e. The van der Waals surface area contributed by atoms with Crippen LogP contribution in [0.3, 0.4) is 0 Å². The van der Waals surface area contributed by atoms with E-state index in [4.69, 9.17) is 18.6 Å². The van der Waals surface area contributed by atoms with E-state index in [1.807, 2.05) is 71.9 Å². The number of fused-ring (bicyclic) bond motifs is 3. The third kappa shape index (κ3) is 16.0. The van der Waals surface area contributed by atoms with Crippen molar-refractivity contribution in [1.29, 1.82) is 0 Å². The molecule has 2 unspecified atom stereocenters. The number of ether oxygens (including phenoxy) is 3. The highest BCUT2D eigenvalue weighted by Crippen LogP contribution is 2.42. The van der Waals surface area contributed by atoms with Gasteiger partial charge in [-0.25, -0.2) is 4.79 Å². The molecule has 408 valence electrons. The average molecular weight is 1020 g/mol. The molecule has 3 aliphatic heterocycles. The number of esters is 1. The lowest BCUT2D eigenvalue weighted by atomic mass is 9.72. The number of aliphatic hydroxyl groups is 2. The van der Waals surface area contributed by atoms with Crippen LogP contribution in [0.25, 0.3) is 0 Å². The molecule has 0 aromatic carbocycles. The Morgan fingerprint density at radius 3 is 2.21 bits per heavy atom. The molecule has 13 heteroatoms. The number of allylic oxidation sites excluding steroid dienone is 6. The highest BCUT2D eigenvalue weighted by atomic mass is 28.4. The summed E-state index contributed by atoms with van der Waals surface area (Å²) in [5.41, 5.74) is 0.236. The quantitative estimate of drug-likeness (QED) is 0.103. The van der Waals surface area contributed by atoms with Gasteiger partial charge in [0, 0.05) is 44.9 Å². The normalized spacial score (nSPS) is 38.2. The summed E-state index contributed by atoms with van der Waals surface area (Å²) >= 11 is 0. The summed E-state index contributed by atoms with van der Waals surface area (Å²) < 4.78 is 26.1. The fourth-order valence-corrected chi connectivity index (χ4v) is 12.8. The minimum atomic E-state index is -2.54. The number of hydrogen-bond acceptors (Lipinski definition) is 11. The van der Waals surface area contributed by atoms with Gasteiger partial charge in [-0.15, -0.1) is 0 Å². The molecule has 2 bridgehead atoms. The van der Waals surface area contributed by atoms with Crippen LogP contribution in [0.2, 0.25) is 18.1 Å². The zero-order chi connectivity index (χ0) is 53.9. The Morgan fingerprint density at radius 2 is 1.57 bits per heavy atom. The molecule has 4 rings (SSSR count). The molecule has 2 saturated heterocycles. The molecule has 72 heavy (non-hydrogen) atoms. The lowest BCUT2D eigenvalue weighted by Gasteiger charge is -2.44. The number of amides is 1. The van der Waals surface area contributed by atoms with Crippen molar-refractivity contribution in [2.24, 2.45) is 53.3 Å². The number of rotatable bonds is 8. The van der Waals surface area contributed by atoms with Crippen molar-refractivity contribution in [1.82, 2.24) is 4.90 Å². The molecule has 0 spiro atoms. The highest BCUT2D eigenvalue weighted by Gasteiger charge is 2.51. The number of ketones is 3. The Labute approximate surface area is 435 Å². The van der Waals surface area contributed by atoms with E-state index in [-0.39, 0.29) is 78.0 Å². The lowest BCUT2D eigenvalue weighted by Crippen LogP contribution is -2.59. The molecule has 1 saturated carbocycles. The Balaban J connectivity index is 1.80. The smallest absolute Gasteiger partial charge is 0.329 e. The number of hydrogen-bond donors (Lipinski definition) is 2. The summed E-state index contributed by atoms with van der Waals surface area (Å²) in [5.74, 6) is -3.83. The van der Waals surface area contributed by atoms with Crippen molar-refractivity contribution in [2.75, 3.05) is 26.9 Å². The number of carbonyl (C=O) groups is 5. The standard InChI is InChI=1S/C59H97NO11Si/c1-37-21-17-16-18-22-39(3)51(68-13)33-47-27-25-44(8)59(12,70-47)55(65)56(66)60-28-20-19-23-49(60)57(67)69-52(41(5)31-45-26-24-38(2)46(32-45)35-61)34-50(63)40(4)30-43(7)54(71-72(14,15)58(9,10)11)48(36-62)53(64)42(6)29-37/h16-18,21-22,30,37-38,40-42,44-49,51-52,54,61-62H,19-20,23-29,31-36H2,1-15H3/b18-16+,21-17+,39-22+,43-30+/t37-,38-,40-,41-,42-,44-,45?,46+,47+,48+,49+,51+,52+,54-,59?/m1/s1. The number of cyclic esters (lactones) is 1. The zero-order valence-corrected chi connectivity index (χ0v) is 48.2. The Bertz CT molecular complexity index is 1970. The van der Waals surface area contributed by atoms with E-state index in [0.29, 0.717) is 62.9 Å². The summed E-state index contributed by atoms with van der Waals surface area (Å²) in [6.45, 7) is 28.1. The highest BCUT2D eigenvalue weighted by molar-refractivity contribution is 6.74. The van der Waals surface area contributed by atoms with Crippen molar-refractivity contribution < 1.29 is 52.8 Å². The maximum Gasteiger partial charge on any atom is 0.329 e. The van der Waals surface area contributed by atoms with E-state index >= 15 is 0 Å². The van der Waals surface area contributed by atoms with E-state index < -0.39 is 74.2 Å². The van der Waals surface area contributed by atoms with Gasteiger partial charge in [0.2, 0.25) is 0 Å². The minimum Gasteiger partial charge on any atom is -0.460 e. The van der Waals surface area contributed by atoms with Gasteiger partial charge in [-0.2, -0.15) is 0 Å². The molecular weight excluding hydrogens is 927 g/mol. The summed E-state index contributed by atoms with van der Waals surface area (Å²) in [5, 5.41) is 21.1. The number of methoxy groups -OCH3 is 1. The van der Waals surface area contributed by atoms with Crippen molar-refractivity contribution in [3.63, 3.8) is 0 Å². The van der Waals surface area contributed by atoms with Crippen molar-refractivity contribution >= 4 is 37.5 Å². The van der Waals surface area contributed by atoms with Gasteiger partial charge in [-0.05, 0) is 137 Å². The van der Waals surface area contributed by atoms with Gasteiger partial charge in [0.1, 0.15) is 29.3 Å². The van der Waals surface area contributed by atoms with Gasteiger partial charge in [0.15, 0.2) is 8.32 Å². The summed E-state index contributed by atoms with van der Waals surface area (Å²) in [6.07, 6.45) is 16.9. The maximum absolute atomic E-state index is 14.7. The summed E-state index contributed by atoms with van der Waals surface area (Å²) in [4.78, 5) is 74.3. The topological polar surface area (TPSA) is 166 Å². The number of carbonyl (C=O) groups excluding carboxylic acids is 5. The number of Topliss-reactive ketones (excluding diaryl/α,β-unsaturated/α-hetero) is 3. The zero-order valence-electron chi connectivity index (χ0n) is 47.2. The van der Waals surface area contributed by atoms with Gasteiger partial charge in [-0.3, -0.25) is 19.2 Å². The maximum atomic E-state index is 14.7. The molecule has 1 aliphatic carbocycles. The first kappa shape index (κ1) is 61.5. The minimum absolute atomic E-state index is 0.0486. The fraction of sp³-hybridized carbons (Fsp3) is 0.780. The second kappa shape index (κ2) is 27.1. The first-order valence-corrected chi connectivity index (χ1v) is 30.5. The molecule has 12 nitrogen and oxygen atoms in total. The van der Waals surface area contributed by atoms with Crippen LogP contribution in [0.1, 0.15) is 160 Å². The van der Waals surface area contributed by atoms with E-state index in [0.717, 1.165) is 24.8 Å². The third-order valence-electron chi connectivity index (χ3n) is 17.8. The number of nitrogens with zero attached hydrogens (tertiary/aromatic N) is 1. The molecule has 3 fully saturated rings. The Hall–Kier alpha value is -3.07. The van der Waals surface area contributed by atoms with E-state index in [9.17, 15) is 34.2 Å². The second-order valence-corrected chi connectivity index (χ2v) is 29.3. The Kier molecular flexibility index (Phi) is 23.2. The van der Waals surface area contributed by atoms with Crippen molar-refractivity contribution in [2.45, 2.75) is 214 Å². The molecule has 3 heterocycles. The first-order chi connectivity index (χ1) is 33.7. The van der Waals surface area contributed by atoms with Crippen LogP contribution in [-0.2, 0) is 42.6 Å². The van der Waals surface area contributed by atoms with E-state index in [2.05, 4.69) is 53.8 Å². The monoisotopic (exact) mass is 1020 g/mol. The average Bonchev–Trinajstić information content (AvgIpc) is 3.32. The molecule has 0 aromatic heterocycles. The lowest BCUT2D eigenvalue weighted by molar-refractivity contribution is -0.184. The van der Waals surface area contributed by atoms with Crippen LogP contribution in [0, 0.1) is 53.3 Å². The molecule has 2 N–H and O–H groups in total. The van der Waals surface area contributed by atoms with Crippen molar-refractivity contribution in [3.05, 3.63) is 47.6 Å². The van der Waals surface area contributed by atoms with E-state index in [1.165, 1.54) is 4.90 Å². The second-order valence-electron chi connectivity index (χ2n) is 24.6. The summed E-state index contributed by atoms with van der Waals surface area (Å²) in [6, 6.07) is -1.01. The molecular formula is C59H97NO11Si. The molecule has 0 radical (unpaired) electrons. The molecule has 1 amide bonds. The molecule has 4 aliphatic rings. The Morgan fingerprint density at radius 1 is 0.875 bits per heavy atom. The van der Waals surface area contributed by atoms with E-state index in [1.54, 1.807) is 14.0 Å². The van der Waals surface area contributed by atoms with Gasteiger partial charge < -0.3 is 33.7 Å². The third-order valence-corrected chi connectivity index (χ3v) is 22.3. The summed E-state index contributed by atoms with van der Waals surface area (Å²) in [7, 11) is -0.887. The van der Waals surface area contributed by atoms with Gasteiger partial charge >= 0.3 is 5.97 Å². The first-order valence-electron chi connectivity index (χ1n) is 27.6. The van der Waals surface area contributed by atoms with Crippen LogP contribution in [0.5, 0.6) is 0 Å². The van der Waals surface area contributed by atoms with Crippen LogP contribution in [-0.4, -0.2) is 116 Å². The fourth-order valence-electron chi connectivity index (χ4n) is 11.4. The number of aliphatic hydroxyl groups excluding tert-OH is 2. The predicted octanol–water partition coefficient (Wildman–Crippen LogP) is 10.7. The van der Waals surface area contributed by atoms with Gasteiger partial charge in [-0.1, -0.05) is 112 Å². The van der Waals surface area contributed by atoms with Gasteiger partial charge in [0.25, 0.3) is 11.7 Å². The molecule has 0 aromatic rings. The number of piperidine rings is 1. The van der Waals surface area contributed by atoms with Crippen LogP contribution >= 0.6 is 0 Å². The predicted molar refractivity (Wildman–Crippen MR) is 287 cm³/mol.